The molecule has 0 aliphatic carbocycles. The van der Waals surface area contributed by atoms with Crippen molar-refractivity contribution in [3.63, 3.8) is 0 Å². The van der Waals surface area contributed by atoms with Crippen molar-refractivity contribution in [2.75, 3.05) is 23.9 Å². The second-order valence-electron chi connectivity index (χ2n) is 8.94. The summed E-state index contributed by atoms with van der Waals surface area (Å²) in [5, 5.41) is 3.33. The van der Waals surface area contributed by atoms with E-state index >= 15 is 0 Å². The van der Waals surface area contributed by atoms with Gasteiger partial charge in [0.1, 0.15) is 12.6 Å². The Kier molecular flexibility index (Phi) is 10.7. The van der Waals surface area contributed by atoms with Gasteiger partial charge in [0, 0.05) is 18.1 Å². The van der Waals surface area contributed by atoms with Crippen LogP contribution >= 0.6 is 11.6 Å². The van der Waals surface area contributed by atoms with Gasteiger partial charge in [-0.25, -0.2) is 8.42 Å². The van der Waals surface area contributed by atoms with Crippen LogP contribution in [0.25, 0.3) is 0 Å². The highest BCUT2D eigenvalue weighted by atomic mass is 35.5. The molecule has 0 aliphatic heterocycles. The third-order valence-electron chi connectivity index (χ3n) is 6.21. The van der Waals surface area contributed by atoms with Gasteiger partial charge in [-0.05, 0) is 61.7 Å². The first-order valence-corrected chi connectivity index (χ1v) is 14.5. The Morgan fingerprint density at radius 1 is 0.921 bits per heavy atom. The second kappa shape index (κ2) is 14.0. The molecule has 9 heteroatoms. The first-order chi connectivity index (χ1) is 18.2. The van der Waals surface area contributed by atoms with Gasteiger partial charge in [-0.3, -0.25) is 13.9 Å². The van der Waals surface area contributed by atoms with Crippen LogP contribution in [-0.4, -0.2) is 50.8 Å². The van der Waals surface area contributed by atoms with E-state index in [4.69, 9.17) is 11.6 Å². The van der Waals surface area contributed by atoms with Crippen LogP contribution in [0.3, 0.4) is 0 Å². The van der Waals surface area contributed by atoms with Crippen LogP contribution in [0.4, 0.5) is 5.69 Å². The van der Waals surface area contributed by atoms with E-state index in [0.717, 1.165) is 22.7 Å². The second-order valence-corrected chi connectivity index (χ2v) is 11.2. The highest BCUT2D eigenvalue weighted by Crippen LogP contribution is 2.25. The number of carbonyl (C=O) groups excluding carboxylic acids is 2. The molecule has 3 aromatic rings. The molecule has 2 amide bonds. The Bertz CT molecular complexity index is 1290. The van der Waals surface area contributed by atoms with E-state index in [1.54, 1.807) is 49.4 Å². The molecule has 0 radical (unpaired) electrons. The van der Waals surface area contributed by atoms with E-state index in [2.05, 4.69) is 5.32 Å². The molecular weight excluding hydrogens is 522 g/mol. The maximum atomic E-state index is 13.8. The van der Waals surface area contributed by atoms with Crippen molar-refractivity contribution in [2.45, 2.75) is 44.0 Å². The standard InChI is InChI=1S/C29H34ClN3O4S/c1-3-4-20-31-29(35)23(2)32(21-19-24-11-7-5-8-12-24)28(34)22-33(26-17-15-25(30)16-18-26)38(36,37)27-13-9-6-10-14-27/h5-18,23H,3-4,19-22H2,1-2H3,(H,31,35)/t23-/m0/s1. The molecule has 0 spiro atoms. The number of amides is 2. The van der Waals surface area contributed by atoms with E-state index in [-0.39, 0.29) is 17.3 Å². The first kappa shape index (κ1) is 29.2. The summed E-state index contributed by atoms with van der Waals surface area (Å²) in [7, 11) is -4.08. The number of unbranched alkanes of at least 4 members (excludes halogenated alkanes) is 1. The molecule has 0 saturated heterocycles. The van der Waals surface area contributed by atoms with Crippen LogP contribution in [-0.2, 0) is 26.0 Å². The number of rotatable bonds is 13. The molecule has 0 saturated carbocycles. The highest BCUT2D eigenvalue weighted by molar-refractivity contribution is 7.92. The number of sulfonamides is 1. The minimum absolute atomic E-state index is 0.0592. The molecule has 3 rings (SSSR count). The molecule has 0 fully saturated rings. The smallest absolute Gasteiger partial charge is 0.264 e. The zero-order valence-corrected chi connectivity index (χ0v) is 23.3. The summed E-state index contributed by atoms with van der Waals surface area (Å²) in [4.78, 5) is 28.2. The monoisotopic (exact) mass is 555 g/mol. The number of benzene rings is 3. The summed E-state index contributed by atoms with van der Waals surface area (Å²) in [5.41, 5.74) is 1.31. The van der Waals surface area contributed by atoms with Gasteiger partial charge in [-0.15, -0.1) is 0 Å². The fourth-order valence-corrected chi connectivity index (χ4v) is 5.52. The maximum absolute atomic E-state index is 13.8. The summed E-state index contributed by atoms with van der Waals surface area (Å²) in [5.74, 6) is -0.752. The van der Waals surface area contributed by atoms with Gasteiger partial charge in [0.05, 0.1) is 10.6 Å². The van der Waals surface area contributed by atoms with Crippen molar-refractivity contribution < 1.29 is 18.0 Å². The Hall–Kier alpha value is -3.36. The van der Waals surface area contributed by atoms with Gasteiger partial charge in [0.15, 0.2) is 0 Å². The van der Waals surface area contributed by atoms with Gasteiger partial charge in [-0.2, -0.15) is 0 Å². The number of halogens is 1. The molecule has 0 unspecified atom stereocenters. The number of nitrogens with one attached hydrogen (secondary N) is 1. The summed E-state index contributed by atoms with van der Waals surface area (Å²) in [6, 6.07) is 23.1. The van der Waals surface area contributed by atoms with E-state index in [9.17, 15) is 18.0 Å². The van der Waals surface area contributed by atoms with Crippen LogP contribution in [0.5, 0.6) is 0 Å². The van der Waals surface area contributed by atoms with Crippen molar-refractivity contribution in [3.05, 3.63) is 95.5 Å². The topological polar surface area (TPSA) is 86.8 Å². The quantitative estimate of drug-likeness (QED) is 0.304. The fraction of sp³-hybridized carbons (Fsp3) is 0.310. The van der Waals surface area contributed by atoms with E-state index in [1.807, 2.05) is 37.3 Å². The number of hydrogen-bond acceptors (Lipinski definition) is 4. The van der Waals surface area contributed by atoms with Crippen LogP contribution in [0.2, 0.25) is 5.02 Å². The largest absolute Gasteiger partial charge is 0.354 e. The van der Waals surface area contributed by atoms with E-state index in [1.165, 1.54) is 17.0 Å². The Balaban J connectivity index is 1.92. The van der Waals surface area contributed by atoms with Gasteiger partial charge in [-0.1, -0.05) is 73.5 Å². The van der Waals surface area contributed by atoms with Gasteiger partial charge < -0.3 is 10.2 Å². The van der Waals surface area contributed by atoms with E-state index < -0.39 is 28.5 Å². The lowest BCUT2D eigenvalue weighted by Gasteiger charge is -2.32. The van der Waals surface area contributed by atoms with Crippen molar-refractivity contribution in [3.8, 4) is 0 Å². The molecule has 0 aromatic heterocycles. The molecule has 0 aliphatic rings. The zero-order valence-electron chi connectivity index (χ0n) is 21.7. The van der Waals surface area contributed by atoms with Crippen molar-refractivity contribution in [1.82, 2.24) is 10.2 Å². The number of carbonyl (C=O) groups is 2. The average molecular weight is 556 g/mol. The molecule has 1 N–H and O–H groups in total. The average Bonchev–Trinajstić information content (AvgIpc) is 2.93. The van der Waals surface area contributed by atoms with Gasteiger partial charge in [0.2, 0.25) is 11.8 Å². The Morgan fingerprint density at radius 2 is 1.53 bits per heavy atom. The predicted octanol–water partition coefficient (Wildman–Crippen LogP) is 4.91. The minimum atomic E-state index is -4.08. The molecular formula is C29H34ClN3O4S. The molecule has 3 aromatic carbocycles. The van der Waals surface area contributed by atoms with Crippen LogP contribution in [0.15, 0.2) is 89.8 Å². The maximum Gasteiger partial charge on any atom is 0.264 e. The summed E-state index contributed by atoms with van der Waals surface area (Å²) in [6.07, 6.45) is 2.28. The predicted molar refractivity (Wildman–Crippen MR) is 152 cm³/mol. The van der Waals surface area contributed by atoms with Crippen molar-refractivity contribution in [1.29, 1.82) is 0 Å². The molecule has 0 heterocycles. The number of anilines is 1. The Morgan fingerprint density at radius 3 is 2.13 bits per heavy atom. The summed E-state index contributed by atoms with van der Waals surface area (Å²) < 4.78 is 28.4. The minimum Gasteiger partial charge on any atom is -0.354 e. The first-order valence-electron chi connectivity index (χ1n) is 12.7. The van der Waals surface area contributed by atoms with Crippen LogP contribution in [0, 0.1) is 0 Å². The highest BCUT2D eigenvalue weighted by Gasteiger charge is 2.32. The molecule has 0 bridgehead atoms. The molecule has 1 atom stereocenters. The summed E-state index contributed by atoms with van der Waals surface area (Å²) >= 11 is 6.04. The van der Waals surface area contributed by atoms with Crippen LogP contribution in [0.1, 0.15) is 32.3 Å². The van der Waals surface area contributed by atoms with Crippen molar-refractivity contribution in [2.24, 2.45) is 0 Å². The number of hydrogen-bond donors (Lipinski definition) is 1. The lowest BCUT2D eigenvalue weighted by Crippen LogP contribution is -2.52. The van der Waals surface area contributed by atoms with Gasteiger partial charge in [0.25, 0.3) is 10.0 Å². The number of nitrogens with zero attached hydrogens (tertiary/aromatic N) is 2. The Labute approximate surface area is 230 Å². The molecule has 38 heavy (non-hydrogen) atoms. The SMILES string of the molecule is CCCCNC(=O)[C@H](C)N(CCc1ccccc1)C(=O)CN(c1ccc(Cl)cc1)S(=O)(=O)c1ccccc1. The van der Waals surface area contributed by atoms with Crippen molar-refractivity contribution >= 4 is 39.1 Å². The third kappa shape index (κ3) is 7.82. The third-order valence-corrected chi connectivity index (χ3v) is 8.25. The normalized spacial score (nSPS) is 12.0. The zero-order chi connectivity index (χ0) is 27.5. The van der Waals surface area contributed by atoms with Crippen LogP contribution < -0.4 is 9.62 Å². The molecule has 202 valence electrons. The fourth-order valence-electron chi connectivity index (χ4n) is 3.96. The van der Waals surface area contributed by atoms with Gasteiger partial charge >= 0.3 is 0 Å². The molecule has 7 nitrogen and oxygen atoms in total. The summed E-state index contributed by atoms with van der Waals surface area (Å²) in [6.45, 7) is 4.00. The van der Waals surface area contributed by atoms with E-state index in [0.29, 0.717) is 23.7 Å². The lowest BCUT2D eigenvalue weighted by molar-refractivity contribution is -0.138. The lowest BCUT2D eigenvalue weighted by atomic mass is 10.1.